The van der Waals surface area contributed by atoms with Gasteiger partial charge in [0, 0.05) is 17.4 Å². The van der Waals surface area contributed by atoms with E-state index in [0.29, 0.717) is 22.2 Å². The van der Waals surface area contributed by atoms with Gasteiger partial charge in [0.05, 0.1) is 5.69 Å². The van der Waals surface area contributed by atoms with E-state index < -0.39 is 0 Å². The number of hydrogen-bond donors (Lipinski definition) is 1. The molecule has 0 radical (unpaired) electrons. The van der Waals surface area contributed by atoms with Gasteiger partial charge in [-0.3, -0.25) is 9.59 Å². The van der Waals surface area contributed by atoms with Crippen molar-refractivity contribution in [2.45, 2.75) is 6.42 Å². The van der Waals surface area contributed by atoms with Gasteiger partial charge < -0.3 is 9.73 Å². The van der Waals surface area contributed by atoms with E-state index in [1.807, 2.05) is 24.3 Å². The molecule has 4 heteroatoms. The zero-order chi connectivity index (χ0) is 19.1. The number of para-hydroxylation sites is 1. The summed E-state index contributed by atoms with van der Waals surface area (Å²) in [4.78, 5) is 25.2. The van der Waals surface area contributed by atoms with E-state index in [1.165, 1.54) is 0 Å². The van der Waals surface area contributed by atoms with Gasteiger partial charge in [0.25, 0.3) is 0 Å². The molecule has 0 saturated heterocycles. The Kier molecular flexibility index (Phi) is 5.80. The van der Waals surface area contributed by atoms with Crippen molar-refractivity contribution in [3.63, 3.8) is 0 Å². The third-order valence-electron chi connectivity index (χ3n) is 3.90. The molecule has 0 spiro atoms. The van der Waals surface area contributed by atoms with Crippen molar-refractivity contribution in [2.24, 2.45) is 0 Å². The lowest BCUT2D eigenvalue weighted by Gasteiger charge is -2.04. The Morgan fingerprint density at radius 1 is 0.963 bits per heavy atom. The zero-order valence-electron chi connectivity index (χ0n) is 14.7. The molecule has 27 heavy (non-hydrogen) atoms. The summed E-state index contributed by atoms with van der Waals surface area (Å²) in [7, 11) is 0. The molecule has 0 aliphatic carbocycles. The van der Waals surface area contributed by atoms with Crippen molar-refractivity contribution in [3.8, 4) is 0 Å². The van der Waals surface area contributed by atoms with Crippen molar-refractivity contribution in [1.82, 2.24) is 0 Å². The van der Waals surface area contributed by atoms with Gasteiger partial charge in [-0.15, -0.1) is 0 Å². The van der Waals surface area contributed by atoms with Crippen molar-refractivity contribution in [2.75, 3.05) is 5.32 Å². The lowest BCUT2D eigenvalue weighted by atomic mass is 10.1. The van der Waals surface area contributed by atoms with Crippen LogP contribution in [0.25, 0.3) is 11.0 Å². The first-order valence-electron chi connectivity index (χ1n) is 8.56. The van der Waals surface area contributed by atoms with E-state index in [4.69, 9.17) is 4.42 Å². The minimum Gasteiger partial charge on any atom is -0.450 e. The van der Waals surface area contributed by atoms with Crippen molar-refractivity contribution < 1.29 is 14.0 Å². The molecule has 1 heterocycles. The van der Waals surface area contributed by atoms with Crippen LogP contribution in [-0.2, 0) is 4.79 Å². The predicted molar refractivity (Wildman–Crippen MR) is 108 cm³/mol. The first-order valence-corrected chi connectivity index (χ1v) is 8.56. The standard InChI is InChI=1S/C23H19NO3/c1-2-3-4-5-9-16-20(25)24-21-18-14-10-11-15-19(18)27-23(21)22(26)17-12-7-6-8-13-17/h2-15H,1,16H2,(H,24,25)/b4-3-,9-5+. The summed E-state index contributed by atoms with van der Waals surface area (Å²) >= 11 is 0. The molecule has 0 atom stereocenters. The summed E-state index contributed by atoms with van der Waals surface area (Å²) < 4.78 is 5.77. The number of benzene rings is 2. The average molecular weight is 357 g/mol. The number of fused-ring (bicyclic) bond motifs is 1. The molecule has 0 aliphatic heterocycles. The van der Waals surface area contributed by atoms with Crippen LogP contribution >= 0.6 is 0 Å². The largest absolute Gasteiger partial charge is 0.450 e. The fourth-order valence-electron chi connectivity index (χ4n) is 2.64. The first kappa shape index (κ1) is 18.1. The smallest absolute Gasteiger partial charge is 0.230 e. The number of furan rings is 1. The van der Waals surface area contributed by atoms with Crippen LogP contribution in [0.2, 0.25) is 0 Å². The van der Waals surface area contributed by atoms with Gasteiger partial charge in [-0.25, -0.2) is 0 Å². The predicted octanol–water partition coefficient (Wildman–Crippen LogP) is 5.29. The summed E-state index contributed by atoms with van der Waals surface area (Å²) in [5.41, 5.74) is 1.46. The Bertz CT molecular complexity index is 1030. The third-order valence-corrected chi connectivity index (χ3v) is 3.90. The molecule has 0 bridgehead atoms. The Labute approximate surface area is 157 Å². The van der Waals surface area contributed by atoms with Gasteiger partial charge in [-0.05, 0) is 12.1 Å². The van der Waals surface area contributed by atoms with E-state index >= 15 is 0 Å². The number of carbonyl (C=O) groups is 2. The van der Waals surface area contributed by atoms with Gasteiger partial charge in [0.2, 0.25) is 11.7 Å². The molecule has 1 N–H and O–H groups in total. The Morgan fingerprint density at radius 2 is 1.70 bits per heavy atom. The number of nitrogens with one attached hydrogen (secondary N) is 1. The molecule has 0 fully saturated rings. The quantitative estimate of drug-likeness (QED) is 0.462. The number of rotatable bonds is 7. The molecule has 4 nitrogen and oxygen atoms in total. The molecule has 1 amide bonds. The number of hydrogen-bond acceptors (Lipinski definition) is 3. The number of allylic oxidation sites excluding steroid dienone is 4. The molecule has 1 aromatic heterocycles. The maximum absolute atomic E-state index is 12.9. The van der Waals surface area contributed by atoms with E-state index in [9.17, 15) is 9.59 Å². The van der Waals surface area contributed by atoms with Crippen LogP contribution in [0, 0.1) is 0 Å². The van der Waals surface area contributed by atoms with Crippen LogP contribution in [0.1, 0.15) is 22.5 Å². The normalized spacial score (nSPS) is 11.3. The molecule has 3 aromatic rings. The summed E-state index contributed by atoms with van der Waals surface area (Å²) in [6, 6.07) is 16.1. The number of anilines is 1. The summed E-state index contributed by atoms with van der Waals surface area (Å²) in [5.74, 6) is -0.371. The third kappa shape index (κ3) is 4.30. The lowest BCUT2D eigenvalue weighted by Crippen LogP contribution is -2.13. The highest BCUT2D eigenvalue weighted by Gasteiger charge is 2.22. The average Bonchev–Trinajstić information content (AvgIpc) is 3.06. The van der Waals surface area contributed by atoms with Gasteiger partial charge in [-0.1, -0.05) is 79.4 Å². The molecule has 3 rings (SSSR count). The Morgan fingerprint density at radius 3 is 2.48 bits per heavy atom. The van der Waals surface area contributed by atoms with E-state index in [2.05, 4.69) is 11.9 Å². The Balaban J connectivity index is 1.90. The second kappa shape index (κ2) is 8.63. The van der Waals surface area contributed by atoms with Crippen molar-refractivity contribution in [1.29, 1.82) is 0 Å². The minimum absolute atomic E-state index is 0.131. The molecule has 0 unspecified atom stereocenters. The van der Waals surface area contributed by atoms with Crippen LogP contribution in [0.4, 0.5) is 5.69 Å². The van der Waals surface area contributed by atoms with Gasteiger partial charge in [0.1, 0.15) is 5.58 Å². The zero-order valence-corrected chi connectivity index (χ0v) is 14.7. The maximum Gasteiger partial charge on any atom is 0.230 e. The molecule has 0 aliphatic rings. The molecule has 134 valence electrons. The number of amides is 1. The number of carbonyl (C=O) groups excluding carboxylic acids is 2. The van der Waals surface area contributed by atoms with Crippen molar-refractivity contribution in [3.05, 3.63) is 103 Å². The fourth-order valence-corrected chi connectivity index (χ4v) is 2.64. The minimum atomic E-state index is -0.272. The molecule has 0 saturated carbocycles. The molecular weight excluding hydrogens is 338 g/mol. The van der Waals surface area contributed by atoms with Crippen LogP contribution in [-0.4, -0.2) is 11.7 Å². The van der Waals surface area contributed by atoms with Crippen LogP contribution < -0.4 is 5.32 Å². The highest BCUT2D eigenvalue weighted by atomic mass is 16.3. The van der Waals surface area contributed by atoms with E-state index in [1.54, 1.807) is 60.7 Å². The molecular formula is C23H19NO3. The summed E-state index contributed by atoms with van der Waals surface area (Å²) in [5, 5.41) is 3.52. The summed E-state index contributed by atoms with van der Waals surface area (Å²) in [6.45, 7) is 3.58. The van der Waals surface area contributed by atoms with Crippen LogP contribution in [0.3, 0.4) is 0 Å². The lowest BCUT2D eigenvalue weighted by molar-refractivity contribution is -0.115. The Hall–Kier alpha value is -3.66. The second-order valence-corrected chi connectivity index (χ2v) is 5.80. The van der Waals surface area contributed by atoms with Gasteiger partial charge in [0.15, 0.2) is 5.76 Å². The second-order valence-electron chi connectivity index (χ2n) is 5.80. The SMILES string of the molecule is C=C/C=C\C=C\CC(=O)Nc1c(C(=O)c2ccccc2)oc2ccccc12. The van der Waals surface area contributed by atoms with E-state index in [-0.39, 0.29) is 23.9 Å². The number of ketones is 1. The van der Waals surface area contributed by atoms with Crippen LogP contribution in [0.5, 0.6) is 0 Å². The van der Waals surface area contributed by atoms with Gasteiger partial charge in [-0.2, -0.15) is 0 Å². The fraction of sp³-hybridized carbons (Fsp3) is 0.0435. The topological polar surface area (TPSA) is 59.3 Å². The maximum atomic E-state index is 12.9. The highest BCUT2D eigenvalue weighted by Crippen LogP contribution is 2.32. The first-order chi connectivity index (χ1) is 13.2. The summed E-state index contributed by atoms with van der Waals surface area (Å²) in [6.07, 6.45) is 8.90. The van der Waals surface area contributed by atoms with E-state index in [0.717, 1.165) is 0 Å². The van der Waals surface area contributed by atoms with Crippen LogP contribution in [0.15, 0.2) is 96.0 Å². The van der Waals surface area contributed by atoms with Gasteiger partial charge >= 0.3 is 0 Å². The highest BCUT2D eigenvalue weighted by molar-refractivity contribution is 6.17. The molecule has 2 aromatic carbocycles. The monoisotopic (exact) mass is 357 g/mol. The van der Waals surface area contributed by atoms with Crippen molar-refractivity contribution >= 4 is 28.3 Å².